The molecule has 14 heavy (non-hydrogen) atoms. The first-order valence-electron chi connectivity index (χ1n) is 4.08. The number of aliphatic hydroxyl groups is 1. The number of carbonyl (C=O) groups is 1. The molecule has 0 aromatic heterocycles. The molecular formula is C10H11FO3. The highest BCUT2D eigenvalue weighted by Gasteiger charge is 2.32. The average molecular weight is 198 g/mol. The van der Waals surface area contributed by atoms with Gasteiger partial charge in [0.15, 0.2) is 5.60 Å². The van der Waals surface area contributed by atoms with Crippen molar-refractivity contribution in [1.82, 2.24) is 0 Å². The summed E-state index contributed by atoms with van der Waals surface area (Å²) in [6.07, 6.45) is 0. The summed E-state index contributed by atoms with van der Waals surface area (Å²) in [6, 6.07) is 3.86. The zero-order valence-corrected chi connectivity index (χ0v) is 7.91. The molecular weight excluding hydrogens is 187 g/mol. The zero-order valence-electron chi connectivity index (χ0n) is 7.91. The van der Waals surface area contributed by atoms with Gasteiger partial charge in [-0.25, -0.2) is 9.18 Å². The molecule has 0 aliphatic rings. The first-order chi connectivity index (χ1) is 6.35. The van der Waals surface area contributed by atoms with Crippen molar-refractivity contribution in [3.05, 3.63) is 35.1 Å². The van der Waals surface area contributed by atoms with Crippen LogP contribution in [-0.4, -0.2) is 16.2 Å². The zero-order chi connectivity index (χ0) is 10.9. The number of aliphatic carboxylic acids is 1. The van der Waals surface area contributed by atoms with Gasteiger partial charge in [0.05, 0.1) is 0 Å². The van der Waals surface area contributed by atoms with Gasteiger partial charge in [-0.05, 0) is 31.0 Å². The highest BCUT2D eigenvalue weighted by molar-refractivity contribution is 5.78. The molecule has 0 bridgehead atoms. The number of carboxylic acid groups (broad SMARTS) is 1. The monoisotopic (exact) mass is 198 g/mol. The van der Waals surface area contributed by atoms with Gasteiger partial charge in [-0.1, -0.05) is 12.1 Å². The molecule has 1 aromatic rings. The van der Waals surface area contributed by atoms with Crippen LogP contribution in [0.3, 0.4) is 0 Å². The third-order valence-corrected chi connectivity index (χ3v) is 2.15. The third-order valence-electron chi connectivity index (χ3n) is 2.15. The van der Waals surface area contributed by atoms with E-state index in [2.05, 4.69) is 0 Å². The molecule has 1 rings (SSSR count). The summed E-state index contributed by atoms with van der Waals surface area (Å²) in [5.41, 5.74) is -1.60. The minimum absolute atomic E-state index is 0.0353. The maximum absolute atomic E-state index is 13.1. The number of carboxylic acids is 1. The summed E-state index contributed by atoms with van der Waals surface area (Å²) in [7, 11) is 0. The van der Waals surface area contributed by atoms with Crippen LogP contribution in [0, 0.1) is 12.7 Å². The molecule has 0 saturated carbocycles. The molecule has 1 aromatic carbocycles. The Hall–Kier alpha value is -1.42. The fraction of sp³-hybridized carbons (Fsp3) is 0.300. The molecule has 4 heteroatoms. The second-order valence-electron chi connectivity index (χ2n) is 3.34. The van der Waals surface area contributed by atoms with Crippen LogP contribution in [0.15, 0.2) is 18.2 Å². The molecule has 0 aliphatic carbocycles. The number of aryl methyl sites for hydroxylation is 1. The Balaban J connectivity index is 3.21. The van der Waals surface area contributed by atoms with Gasteiger partial charge in [-0.15, -0.1) is 0 Å². The summed E-state index contributed by atoms with van der Waals surface area (Å²) in [5.74, 6) is -1.93. The van der Waals surface area contributed by atoms with Gasteiger partial charge in [-0.2, -0.15) is 0 Å². The van der Waals surface area contributed by atoms with E-state index in [1.807, 2.05) is 0 Å². The SMILES string of the molecule is Cc1ccc(C(C)(O)C(=O)O)cc1F. The Morgan fingerprint density at radius 3 is 2.50 bits per heavy atom. The van der Waals surface area contributed by atoms with Gasteiger partial charge in [0.1, 0.15) is 5.82 Å². The van der Waals surface area contributed by atoms with Crippen molar-refractivity contribution in [1.29, 1.82) is 0 Å². The van der Waals surface area contributed by atoms with Gasteiger partial charge < -0.3 is 10.2 Å². The first-order valence-corrected chi connectivity index (χ1v) is 4.08. The smallest absolute Gasteiger partial charge is 0.340 e. The van der Waals surface area contributed by atoms with Crippen LogP contribution < -0.4 is 0 Å². The fourth-order valence-electron chi connectivity index (χ4n) is 1.02. The van der Waals surface area contributed by atoms with Crippen molar-refractivity contribution in [2.75, 3.05) is 0 Å². The van der Waals surface area contributed by atoms with E-state index < -0.39 is 17.4 Å². The van der Waals surface area contributed by atoms with Crippen LogP contribution in [0.4, 0.5) is 4.39 Å². The van der Waals surface area contributed by atoms with Crippen LogP contribution >= 0.6 is 0 Å². The van der Waals surface area contributed by atoms with E-state index in [1.165, 1.54) is 12.1 Å². The largest absolute Gasteiger partial charge is 0.479 e. The Bertz CT molecular complexity index is 372. The van der Waals surface area contributed by atoms with Gasteiger partial charge in [0, 0.05) is 0 Å². The Morgan fingerprint density at radius 1 is 1.50 bits per heavy atom. The highest BCUT2D eigenvalue weighted by Crippen LogP contribution is 2.22. The van der Waals surface area contributed by atoms with E-state index in [0.717, 1.165) is 13.0 Å². The molecule has 2 N–H and O–H groups in total. The van der Waals surface area contributed by atoms with Gasteiger partial charge in [-0.3, -0.25) is 0 Å². The van der Waals surface area contributed by atoms with Crippen molar-refractivity contribution in [3.8, 4) is 0 Å². The molecule has 76 valence electrons. The fourth-order valence-corrected chi connectivity index (χ4v) is 1.02. The van der Waals surface area contributed by atoms with Gasteiger partial charge in [0.2, 0.25) is 0 Å². The summed E-state index contributed by atoms with van der Waals surface area (Å²) in [5, 5.41) is 18.2. The number of hydrogen-bond acceptors (Lipinski definition) is 2. The highest BCUT2D eigenvalue weighted by atomic mass is 19.1. The Kier molecular flexibility index (Phi) is 2.57. The van der Waals surface area contributed by atoms with Crippen LogP contribution in [0.1, 0.15) is 18.1 Å². The predicted molar refractivity (Wildman–Crippen MR) is 48.3 cm³/mol. The summed E-state index contributed by atoms with van der Waals surface area (Å²) in [6.45, 7) is 2.67. The van der Waals surface area contributed by atoms with E-state index in [9.17, 15) is 14.3 Å². The lowest BCUT2D eigenvalue weighted by Crippen LogP contribution is -2.31. The quantitative estimate of drug-likeness (QED) is 0.755. The van der Waals surface area contributed by atoms with E-state index in [1.54, 1.807) is 6.92 Å². The minimum Gasteiger partial charge on any atom is -0.479 e. The van der Waals surface area contributed by atoms with E-state index in [-0.39, 0.29) is 5.56 Å². The second kappa shape index (κ2) is 3.38. The number of rotatable bonds is 2. The first kappa shape index (κ1) is 10.7. The molecule has 0 saturated heterocycles. The van der Waals surface area contributed by atoms with Gasteiger partial charge in [0.25, 0.3) is 0 Å². The number of benzene rings is 1. The van der Waals surface area contributed by atoms with Crippen molar-refractivity contribution < 1.29 is 19.4 Å². The molecule has 1 atom stereocenters. The van der Waals surface area contributed by atoms with Crippen LogP contribution in [0.5, 0.6) is 0 Å². The maximum atomic E-state index is 13.1. The Labute approximate surface area is 80.8 Å². The van der Waals surface area contributed by atoms with E-state index in [4.69, 9.17) is 5.11 Å². The molecule has 0 aliphatic heterocycles. The average Bonchev–Trinajstić information content (AvgIpc) is 2.09. The van der Waals surface area contributed by atoms with E-state index in [0.29, 0.717) is 5.56 Å². The third kappa shape index (κ3) is 1.75. The molecule has 0 spiro atoms. The summed E-state index contributed by atoms with van der Waals surface area (Å²) in [4.78, 5) is 10.6. The van der Waals surface area contributed by atoms with Crippen LogP contribution in [0.2, 0.25) is 0 Å². The van der Waals surface area contributed by atoms with Gasteiger partial charge >= 0.3 is 5.97 Å². The lowest BCUT2D eigenvalue weighted by atomic mass is 9.95. The predicted octanol–water partition coefficient (Wildman–Crippen LogP) is 1.43. The summed E-state index contributed by atoms with van der Waals surface area (Å²) >= 11 is 0. The minimum atomic E-state index is -2.05. The Morgan fingerprint density at radius 2 is 2.07 bits per heavy atom. The number of halogens is 1. The molecule has 0 fully saturated rings. The normalized spacial score (nSPS) is 14.9. The van der Waals surface area contributed by atoms with Crippen LogP contribution in [-0.2, 0) is 10.4 Å². The molecule has 0 radical (unpaired) electrons. The summed E-state index contributed by atoms with van der Waals surface area (Å²) < 4.78 is 13.1. The lowest BCUT2D eigenvalue weighted by molar-refractivity contribution is -0.157. The molecule has 0 amide bonds. The maximum Gasteiger partial charge on any atom is 0.340 e. The van der Waals surface area contributed by atoms with Crippen molar-refractivity contribution in [2.24, 2.45) is 0 Å². The second-order valence-corrected chi connectivity index (χ2v) is 3.34. The molecule has 1 unspecified atom stereocenters. The standard InChI is InChI=1S/C10H11FO3/c1-6-3-4-7(5-8(6)11)10(2,14)9(12)13/h3-5,14H,1-2H3,(H,12,13). The van der Waals surface area contributed by atoms with Crippen LogP contribution in [0.25, 0.3) is 0 Å². The van der Waals surface area contributed by atoms with Crippen molar-refractivity contribution in [3.63, 3.8) is 0 Å². The van der Waals surface area contributed by atoms with E-state index >= 15 is 0 Å². The van der Waals surface area contributed by atoms with Crippen molar-refractivity contribution >= 4 is 5.97 Å². The molecule has 3 nitrogen and oxygen atoms in total. The topological polar surface area (TPSA) is 57.5 Å². The molecule has 0 heterocycles. The lowest BCUT2D eigenvalue weighted by Gasteiger charge is -2.18. The number of hydrogen-bond donors (Lipinski definition) is 2. The van der Waals surface area contributed by atoms with Crippen molar-refractivity contribution in [2.45, 2.75) is 19.4 Å².